The van der Waals surface area contributed by atoms with Crippen molar-refractivity contribution in [3.8, 4) is 0 Å². The maximum Gasteiger partial charge on any atom is 0.0461 e. The summed E-state index contributed by atoms with van der Waals surface area (Å²) in [5.41, 5.74) is 13.0. The first-order chi connectivity index (χ1) is 10.6. The van der Waals surface area contributed by atoms with Crippen molar-refractivity contribution in [2.24, 2.45) is 5.73 Å². The van der Waals surface area contributed by atoms with Gasteiger partial charge in [0, 0.05) is 23.5 Å². The maximum absolute atomic E-state index is 6.42. The number of fused-ring (bicyclic) bond motifs is 1. The quantitative estimate of drug-likeness (QED) is 0.885. The molecule has 116 valence electrons. The van der Waals surface area contributed by atoms with Crippen LogP contribution in [0.25, 0.3) is 0 Å². The highest BCUT2D eigenvalue weighted by Crippen LogP contribution is 2.41. The average molecular weight is 294 g/mol. The van der Waals surface area contributed by atoms with Crippen LogP contribution in [-0.4, -0.2) is 6.04 Å². The van der Waals surface area contributed by atoms with E-state index in [4.69, 9.17) is 5.73 Å². The first-order valence-electron chi connectivity index (χ1n) is 8.40. The van der Waals surface area contributed by atoms with E-state index >= 15 is 0 Å². The molecule has 0 aromatic heterocycles. The molecular formula is C20H26N2. The summed E-state index contributed by atoms with van der Waals surface area (Å²) >= 11 is 0. The molecule has 2 unspecified atom stereocenters. The predicted octanol–water partition coefficient (Wildman–Crippen LogP) is 4.74. The first-order valence-corrected chi connectivity index (χ1v) is 8.40. The van der Waals surface area contributed by atoms with Gasteiger partial charge < -0.3 is 10.6 Å². The topological polar surface area (TPSA) is 29.3 Å². The van der Waals surface area contributed by atoms with E-state index in [0.717, 1.165) is 19.3 Å². The van der Waals surface area contributed by atoms with E-state index in [0.29, 0.717) is 6.04 Å². The van der Waals surface area contributed by atoms with Gasteiger partial charge in [0.25, 0.3) is 0 Å². The number of nitrogens with zero attached hydrogens (tertiary/aromatic N) is 1. The van der Waals surface area contributed by atoms with Crippen LogP contribution in [0, 0.1) is 0 Å². The zero-order valence-electron chi connectivity index (χ0n) is 13.8. The largest absolute Gasteiger partial charge is 0.338 e. The van der Waals surface area contributed by atoms with E-state index in [-0.39, 0.29) is 6.04 Å². The molecule has 22 heavy (non-hydrogen) atoms. The molecule has 1 aliphatic heterocycles. The fraction of sp³-hybridized carbons (Fsp3) is 0.400. The zero-order chi connectivity index (χ0) is 15.7. The molecule has 2 atom stereocenters. The van der Waals surface area contributed by atoms with Crippen LogP contribution in [0.15, 0.2) is 42.5 Å². The smallest absolute Gasteiger partial charge is 0.0461 e. The summed E-state index contributed by atoms with van der Waals surface area (Å²) in [5, 5.41) is 0. The van der Waals surface area contributed by atoms with Gasteiger partial charge >= 0.3 is 0 Å². The molecule has 2 aromatic rings. The van der Waals surface area contributed by atoms with Crippen molar-refractivity contribution in [3.05, 3.63) is 59.2 Å². The third-order valence-corrected chi connectivity index (χ3v) is 4.82. The van der Waals surface area contributed by atoms with Crippen molar-refractivity contribution in [2.75, 3.05) is 4.90 Å². The molecule has 0 saturated heterocycles. The molecule has 2 nitrogen and oxygen atoms in total. The molecule has 0 bridgehead atoms. The standard InChI is InChI=1S/C20H26N2/c1-4-15-6-9-17(10-7-15)22-14(3)12-19(21)18-13-16(5-2)8-11-20(18)22/h6-11,13-14,19H,4-5,12,21H2,1-3H3. The highest BCUT2D eigenvalue weighted by Gasteiger charge is 2.29. The number of rotatable bonds is 3. The molecular weight excluding hydrogens is 268 g/mol. The normalized spacial score (nSPS) is 20.8. The number of benzene rings is 2. The molecule has 2 heteroatoms. The van der Waals surface area contributed by atoms with Gasteiger partial charge in [-0.15, -0.1) is 0 Å². The highest BCUT2D eigenvalue weighted by molar-refractivity contribution is 5.70. The molecule has 2 aromatic carbocycles. The maximum atomic E-state index is 6.42. The van der Waals surface area contributed by atoms with Gasteiger partial charge in [-0.25, -0.2) is 0 Å². The molecule has 0 aliphatic carbocycles. The number of nitrogens with two attached hydrogens (primary N) is 1. The van der Waals surface area contributed by atoms with E-state index < -0.39 is 0 Å². The lowest BCUT2D eigenvalue weighted by atomic mass is 9.90. The van der Waals surface area contributed by atoms with E-state index in [9.17, 15) is 0 Å². The van der Waals surface area contributed by atoms with Crippen LogP contribution in [0.4, 0.5) is 11.4 Å². The number of anilines is 2. The molecule has 3 rings (SSSR count). The minimum Gasteiger partial charge on any atom is -0.338 e. The van der Waals surface area contributed by atoms with E-state index in [1.165, 1.54) is 28.1 Å². The van der Waals surface area contributed by atoms with Crippen molar-refractivity contribution in [1.82, 2.24) is 0 Å². The Bertz CT molecular complexity index is 645. The van der Waals surface area contributed by atoms with Crippen molar-refractivity contribution in [2.45, 2.75) is 52.1 Å². The summed E-state index contributed by atoms with van der Waals surface area (Å²) in [6, 6.07) is 16.3. The van der Waals surface area contributed by atoms with Gasteiger partial charge in [-0.05, 0) is 61.1 Å². The Hall–Kier alpha value is -1.80. The Morgan fingerprint density at radius 1 is 1.00 bits per heavy atom. The van der Waals surface area contributed by atoms with Gasteiger partial charge in [-0.2, -0.15) is 0 Å². The fourth-order valence-corrected chi connectivity index (χ4v) is 3.46. The minimum atomic E-state index is 0.141. The monoisotopic (exact) mass is 294 g/mol. The molecule has 0 amide bonds. The fourth-order valence-electron chi connectivity index (χ4n) is 3.46. The van der Waals surface area contributed by atoms with Gasteiger partial charge in [-0.3, -0.25) is 0 Å². The number of hydrogen-bond acceptors (Lipinski definition) is 2. The second-order valence-corrected chi connectivity index (χ2v) is 6.33. The van der Waals surface area contributed by atoms with E-state index in [1.807, 2.05) is 0 Å². The van der Waals surface area contributed by atoms with Gasteiger partial charge in [0.05, 0.1) is 0 Å². The van der Waals surface area contributed by atoms with Crippen LogP contribution in [0.3, 0.4) is 0 Å². The Kier molecular flexibility index (Phi) is 4.21. The second kappa shape index (κ2) is 6.13. The van der Waals surface area contributed by atoms with Crippen LogP contribution >= 0.6 is 0 Å². The lowest BCUT2D eigenvalue weighted by molar-refractivity contribution is 0.531. The predicted molar refractivity (Wildman–Crippen MR) is 94.8 cm³/mol. The van der Waals surface area contributed by atoms with Gasteiger partial charge in [0.15, 0.2) is 0 Å². The molecule has 0 fully saturated rings. The zero-order valence-corrected chi connectivity index (χ0v) is 13.8. The molecule has 0 spiro atoms. The summed E-state index contributed by atoms with van der Waals surface area (Å²) in [6.45, 7) is 6.66. The lowest BCUT2D eigenvalue weighted by Crippen LogP contribution is -2.37. The number of hydrogen-bond donors (Lipinski definition) is 1. The molecule has 2 N–H and O–H groups in total. The molecule has 0 saturated carbocycles. The first kappa shape index (κ1) is 15.1. The summed E-state index contributed by atoms with van der Waals surface area (Å²) in [6.07, 6.45) is 3.13. The Labute approximate surface area is 134 Å². The van der Waals surface area contributed by atoms with Crippen molar-refractivity contribution >= 4 is 11.4 Å². The minimum absolute atomic E-state index is 0.141. The van der Waals surface area contributed by atoms with Crippen LogP contribution in [0.1, 0.15) is 49.9 Å². The van der Waals surface area contributed by atoms with E-state index in [2.05, 4.69) is 68.1 Å². The average Bonchev–Trinajstić information content (AvgIpc) is 2.55. The third kappa shape index (κ3) is 2.64. The van der Waals surface area contributed by atoms with Crippen molar-refractivity contribution in [3.63, 3.8) is 0 Å². The Morgan fingerprint density at radius 3 is 2.27 bits per heavy atom. The number of aryl methyl sites for hydroxylation is 2. The van der Waals surface area contributed by atoms with Crippen LogP contribution in [0.5, 0.6) is 0 Å². The molecule has 1 aliphatic rings. The summed E-state index contributed by atoms with van der Waals surface area (Å²) < 4.78 is 0. The third-order valence-electron chi connectivity index (χ3n) is 4.82. The molecule has 1 heterocycles. The Morgan fingerprint density at radius 2 is 1.64 bits per heavy atom. The SMILES string of the molecule is CCc1ccc(N2c3ccc(CC)cc3C(N)CC2C)cc1. The van der Waals surface area contributed by atoms with E-state index in [1.54, 1.807) is 0 Å². The van der Waals surface area contributed by atoms with Crippen LogP contribution < -0.4 is 10.6 Å². The van der Waals surface area contributed by atoms with Crippen LogP contribution in [-0.2, 0) is 12.8 Å². The van der Waals surface area contributed by atoms with Crippen molar-refractivity contribution in [1.29, 1.82) is 0 Å². The van der Waals surface area contributed by atoms with Crippen molar-refractivity contribution < 1.29 is 0 Å². The van der Waals surface area contributed by atoms with Gasteiger partial charge in [-0.1, -0.05) is 38.1 Å². The lowest BCUT2D eigenvalue weighted by Gasteiger charge is -2.40. The van der Waals surface area contributed by atoms with Gasteiger partial charge in [0.2, 0.25) is 0 Å². The molecule has 0 radical (unpaired) electrons. The summed E-state index contributed by atoms with van der Waals surface area (Å²) in [5.74, 6) is 0. The van der Waals surface area contributed by atoms with Crippen LogP contribution in [0.2, 0.25) is 0 Å². The van der Waals surface area contributed by atoms with Gasteiger partial charge in [0.1, 0.15) is 0 Å². The highest BCUT2D eigenvalue weighted by atomic mass is 15.2. The second-order valence-electron chi connectivity index (χ2n) is 6.33. The Balaban J connectivity index is 2.05. The summed E-state index contributed by atoms with van der Waals surface area (Å²) in [4.78, 5) is 2.44. The summed E-state index contributed by atoms with van der Waals surface area (Å²) in [7, 11) is 0.